The quantitative estimate of drug-likeness (QED) is 0.314. The first-order valence-corrected chi connectivity index (χ1v) is 2.42. The van der Waals surface area contributed by atoms with E-state index in [1.165, 1.54) is 6.92 Å². The summed E-state index contributed by atoms with van der Waals surface area (Å²) >= 11 is 0. The van der Waals surface area contributed by atoms with Crippen molar-refractivity contribution in [3.8, 4) is 0 Å². The van der Waals surface area contributed by atoms with Gasteiger partial charge in [-0.25, -0.2) is 0 Å². The van der Waals surface area contributed by atoms with Crippen molar-refractivity contribution in [3.05, 3.63) is 0 Å². The Kier molecular flexibility index (Phi) is 2.84. The summed E-state index contributed by atoms with van der Waals surface area (Å²) in [6.07, 6.45) is 0.472. The van der Waals surface area contributed by atoms with Gasteiger partial charge in [0.15, 0.2) is 5.90 Å². The van der Waals surface area contributed by atoms with E-state index in [2.05, 4.69) is 4.74 Å². The average molecular weight is 115 g/mol. The van der Waals surface area contributed by atoms with Crippen LogP contribution in [0.1, 0.15) is 20.3 Å². The van der Waals surface area contributed by atoms with Crippen molar-refractivity contribution < 1.29 is 9.53 Å². The normalized spacial score (nSPS) is 8.25. The first-order chi connectivity index (χ1) is 3.66. The van der Waals surface area contributed by atoms with Crippen LogP contribution in [0.4, 0.5) is 0 Å². The molecule has 3 heteroatoms. The number of hydrogen-bond acceptors (Lipinski definition) is 3. The minimum absolute atomic E-state index is 0.0255. The SMILES string of the molecule is CCC(=N)OC(C)=O. The van der Waals surface area contributed by atoms with Crippen molar-refractivity contribution in [1.82, 2.24) is 0 Å². The van der Waals surface area contributed by atoms with Gasteiger partial charge in [0.25, 0.3) is 0 Å². The lowest BCUT2D eigenvalue weighted by Crippen LogP contribution is -2.05. The molecule has 0 unspecified atom stereocenters. The Morgan fingerprint density at radius 3 is 2.38 bits per heavy atom. The Morgan fingerprint density at radius 1 is 1.75 bits per heavy atom. The third-order valence-electron chi connectivity index (χ3n) is 0.588. The number of hydrogen-bond donors (Lipinski definition) is 1. The van der Waals surface area contributed by atoms with Crippen LogP contribution in [-0.4, -0.2) is 11.9 Å². The minimum atomic E-state index is -0.420. The fourth-order valence-electron chi connectivity index (χ4n) is 0.246. The molecule has 0 aromatic carbocycles. The van der Waals surface area contributed by atoms with Gasteiger partial charge in [-0.3, -0.25) is 10.2 Å². The molecule has 0 atom stereocenters. The number of esters is 1. The monoisotopic (exact) mass is 115 g/mol. The molecule has 46 valence electrons. The zero-order valence-electron chi connectivity index (χ0n) is 5.02. The van der Waals surface area contributed by atoms with Gasteiger partial charge in [-0.15, -0.1) is 0 Å². The molecular weight excluding hydrogens is 106 g/mol. The molecule has 0 aromatic rings. The van der Waals surface area contributed by atoms with Gasteiger partial charge in [0.05, 0.1) is 0 Å². The zero-order chi connectivity index (χ0) is 6.57. The molecule has 0 aliphatic carbocycles. The summed E-state index contributed by atoms with van der Waals surface area (Å²) in [5.41, 5.74) is 0. The van der Waals surface area contributed by atoms with Gasteiger partial charge < -0.3 is 4.74 Å². The summed E-state index contributed by atoms with van der Waals surface area (Å²) in [5, 5.41) is 6.82. The highest BCUT2D eigenvalue weighted by Gasteiger charge is 1.95. The zero-order valence-corrected chi connectivity index (χ0v) is 5.02. The first-order valence-electron chi connectivity index (χ1n) is 2.42. The van der Waals surface area contributed by atoms with E-state index in [9.17, 15) is 4.79 Å². The van der Waals surface area contributed by atoms with Crippen LogP contribution in [0, 0.1) is 5.41 Å². The van der Waals surface area contributed by atoms with Crippen molar-refractivity contribution in [2.75, 3.05) is 0 Å². The fourth-order valence-corrected chi connectivity index (χ4v) is 0.246. The Morgan fingerprint density at radius 2 is 2.25 bits per heavy atom. The maximum absolute atomic E-state index is 10.0. The van der Waals surface area contributed by atoms with Crippen molar-refractivity contribution in [3.63, 3.8) is 0 Å². The maximum Gasteiger partial charge on any atom is 0.309 e. The molecule has 3 nitrogen and oxygen atoms in total. The molecule has 1 N–H and O–H groups in total. The van der Waals surface area contributed by atoms with Crippen LogP contribution in [0.2, 0.25) is 0 Å². The second-order valence-corrected chi connectivity index (χ2v) is 1.37. The Bertz CT molecular complexity index is 109. The summed E-state index contributed by atoms with van der Waals surface area (Å²) in [5.74, 6) is -0.394. The average Bonchev–Trinajstić information content (AvgIpc) is 1.65. The van der Waals surface area contributed by atoms with Gasteiger partial charge in [0.1, 0.15) is 0 Å². The van der Waals surface area contributed by atoms with Crippen LogP contribution < -0.4 is 0 Å². The number of carbonyl (C=O) groups is 1. The third-order valence-corrected chi connectivity index (χ3v) is 0.588. The largest absolute Gasteiger partial charge is 0.412 e. The molecule has 0 radical (unpaired) electrons. The molecule has 0 aromatic heterocycles. The predicted octanol–water partition coefficient (Wildman–Crippen LogP) is 0.937. The highest BCUT2D eigenvalue weighted by atomic mass is 16.5. The molecule has 0 aliphatic rings. The molecular formula is C5H9NO2. The topological polar surface area (TPSA) is 50.1 Å². The van der Waals surface area contributed by atoms with E-state index in [-0.39, 0.29) is 5.90 Å². The first kappa shape index (κ1) is 7.14. The van der Waals surface area contributed by atoms with Gasteiger partial charge in [-0.1, -0.05) is 6.92 Å². The molecule has 0 saturated heterocycles. The van der Waals surface area contributed by atoms with Crippen LogP contribution in [0.25, 0.3) is 0 Å². The van der Waals surface area contributed by atoms with Crippen LogP contribution in [0.3, 0.4) is 0 Å². The molecule has 0 aliphatic heterocycles. The van der Waals surface area contributed by atoms with E-state index in [0.717, 1.165) is 0 Å². The molecule has 0 rings (SSSR count). The van der Waals surface area contributed by atoms with E-state index in [0.29, 0.717) is 6.42 Å². The third kappa shape index (κ3) is 3.33. The van der Waals surface area contributed by atoms with Crippen molar-refractivity contribution in [1.29, 1.82) is 5.41 Å². The van der Waals surface area contributed by atoms with E-state index in [1.54, 1.807) is 6.92 Å². The van der Waals surface area contributed by atoms with Gasteiger partial charge in [-0.05, 0) is 0 Å². The number of nitrogens with one attached hydrogen (secondary N) is 1. The number of carbonyl (C=O) groups excluding carboxylic acids is 1. The molecule has 0 bridgehead atoms. The van der Waals surface area contributed by atoms with E-state index in [1.807, 2.05) is 0 Å². The lowest BCUT2D eigenvalue weighted by Gasteiger charge is -1.95. The molecule has 8 heavy (non-hydrogen) atoms. The molecule has 0 spiro atoms. The summed E-state index contributed by atoms with van der Waals surface area (Å²) in [4.78, 5) is 10.0. The standard InChI is InChI=1S/C5H9NO2/c1-3-5(6)8-4(2)7/h6H,3H2,1-2H3. The van der Waals surface area contributed by atoms with E-state index < -0.39 is 5.97 Å². The maximum atomic E-state index is 10.0. The van der Waals surface area contributed by atoms with Crippen LogP contribution in [0.15, 0.2) is 0 Å². The van der Waals surface area contributed by atoms with Gasteiger partial charge in [0, 0.05) is 13.3 Å². The number of ether oxygens (including phenoxy) is 1. The molecule has 0 heterocycles. The van der Waals surface area contributed by atoms with Gasteiger partial charge in [-0.2, -0.15) is 0 Å². The molecule has 0 amide bonds. The summed E-state index contributed by atoms with van der Waals surface area (Å²) in [7, 11) is 0. The Balaban J connectivity index is 3.40. The Labute approximate surface area is 48.2 Å². The summed E-state index contributed by atoms with van der Waals surface area (Å²) in [6, 6.07) is 0. The van der Waals surface area contributed by atoms with Crippen molar-refractivity contribution >= 4 is 11.9 Å². The van der Waals surface area contributed by atoms with Crippen LogP contribution >= 0.6 is 0 Å². The number of rotatable bonds is 1. The van der Waals surface area contributed by atoms with Crippen molar-refractivity contribution in [2.45, 2.75) is 20.3 Å². The van der Waals surface area contributed by atoms with Gasteiger partial charge >= 0.3 is 5.97 Å². The van der Waals surface area contributed by atoms with E-state index in [4.69, 9.17) is 5.41 Å². The summed E-state index contributed by atoms with van der Waals surface area (Å²) < 4.78 is 4.34. The fraction of sp³-hybridized carbons (Fsp3) is 0.600. The second kappa shape index (κ2) is 3.18. The Hall–Kier alpha value is -0.860. The molecule has 0 saturated carbocycles. The summed E-state index contributed by atoms with van der Waals surface area (Å²) in [6.45, 7) is 3.04. The lowest BCUT2D eigenvalue weighted by atomic mass is 10.5. The highest BCUT2D eigenvalue weighted by molar-refractivity contribution is 5.85. The van der Waals surface area contributed by atoms with Gasteiger partial charge in [0.2, 0.25) is 0 Å². The molecule has 0 fully saturated rings. The van der Waals surface area contributed by atoms with Crippen LogP contribution in [-0.2, 0) is 9.53 Å². The minimum Gasteiger partial charge on any atom is -0.412 e. The second-order valence-electron chi connectivity index (χ2n) is 1.37. The predicted molar refractivity (Wildman–Crippen MR) is 29.8 cm³/mol. The van der Waals surface area contributed by atoms with E-state index >= 15 is 0 Å². The van der Waals surface area contributed by atoms with Crippen molar-refractivity contribution in [2.24, 2.45) is 0 Å². The highest BCUT2D eigenvalue weighted by Crippen LogP contribution is 1.83. The smallest absolute Gasteiger partial charge is 0.309 e. The lowest BCUT2D eigenvalue weighted by molar-refractivity contribution is -0.133. The van der Waals surface area contributed by atoms with Crippen LogP contribution in [0.5, 0.6) is 0 Å².